The van der Waals surface area contributed by atoms with Crippen molar-refractivity contribution in [3.8, 4) is 22.6 Å². The van der Waals surface area contributed by atoms with Gasteiger partial charge in [0.2, 0.25) is 0 Å². The van der Waals surface area contributed by atoms with E-state index in [2.05, 4.69) is 20.6 Å². The molecular weight excluding hydrogens is 449 g/mol. The van der Waals surface area contributed by atoms with Crippen LogP contribution in [0.15, 0.2) is 59.4 Å². The lowest BCUT2D eigenvalue weighted by atomic mass is 10.1. The summed E-state index contributed by atoms with van der Waals surface area (Å²) in [7, 11) is 1.77. The lowest BCUT2D eigenvalue weighted by molar-refractivity contribution is -0.137. The Balaban J connectivity index is 1.48. The van der Waals surface area contributed by atoms with Gasteiger partial charge in [-0.05, 0) is 43.3 Å². The van der Waals surface area contributed by atoms with Gasteiger partial charge in [-0.25, -0.2) is 4.98 Å². The first-order chi connectivity index (χ1) is 16.3. The van der Waals surface area contributed by atoms with E-state index in [1.54, 1.807) is 36.3 Å². The zero-order valence-corrected chi connectivity index (χ0v) is 18.2. The number of halogens is 3. The Morgan fingerprint density at radius 2 is 1.88 bits per heavy atom. The van der Waals surface area contributed by atoms with E-state index in [4.69, 9.17) is 4.52 Å². The second-order valence-corrected chi connectivity index (χ2v) is 7.92. The molecule has 34 heavy (non-hydrogen) atoms. The number of benzene rings is 1. The second-order valence-electron chi connectivity index (χ2n) is 7.92. The second kappa shape index (κ2) is 8.01. The summed E-state index contributed by atoms with van der Waals surface area (Å²) in [4.78, 5) is 19.1. The van der Waals surface area contributed by atoms with Gasteiger partial charge in [0.15, 0.2) is 5.76 Å². The number of hydrogen-bond acceptors (Lipinski definition) is 6. The van der Waals surface area contributed by atoms with Crippen LogP contribution in [0, 0.1) is 0 Å². The SMILES string of the molecule is CNc1ccc(-c2cc(-c3cnn4c3C(=O)N(c3ccc(C(F)(F)F)cc3)C[C@@H]4C)no2)cn1. The van der Waals surface area contributed by atoms with E-state index < -0.39 is 11.7 Å². The summed E-state index contributed by atoms with van der Waals surface area (Å²) in [5.74, 6) is 0.799. The van der Waals surface area contributed by atoms with Crippen molar-refractivity contribution in [2.24, 2.45) is 0 Å². The highest BCUT2D eigenvalue weighted by atomic mass is 19.4. The van der Waals surface area contributed by atoms with E-state index in [1.165, 1.54) is 17.0 Å². The molecule has 0 saturated carbocycles. The van der Waals surface area contributed by atoms with Gasteiger partial charge >= 0.3 is 6.18 Å². The molecule has 8 nitrogen and oxygen atoms in total. The summed E-state index contributed by atoms with van der Waals surface area (Å²) in [5, 5.41) is 11.4. The predicted molar refractivity (Wildman–Crippen MR) is 118 cm³/mol. The summed E-state index contributed by atoms with van der Waals surface area (Å²) >= 11 is 0. The van der Waals surface area contributed by atoms with Gasteiger partial charge in [0, 0.05) is 37.1 Å². The number of pyridine rings is 1. The van der Waals surface area contributed by atoms with Crippen LogP contribution in [-0.4, -0.2) is 39.4 Å². The number of aromatic nitrogens is 4. The number of fused-ring (bicyclic) bond motifs is 1. The summed E-state index contributed by atoms with van der Waals surface area (Å²) in [6.45, 7) is 2.15. The highest BCUT2D eigenvalue weighted by Crippen LogP contribution is 2.35. The third kappa shape index (κ3) is 3.68. The largest absolute Gasteiger partial charge is 0.416 e. The number of nitrogens with one attached hydrogen (secondary N) is 1. The van der Waals surface area contributed by atoms with Crippen LogP contribution in [0.3, 0.4) is 0 Å². The maximum absolute atomic E-state index is 13.4. The van der Waals surface area contributed by atoms with Gasteiger partial charge in [0.25, 0.3) is 5.91 Å². The van der Waals surface area contributed by atoms with E-state index in [-0.39, 0.29) is 18.5 Å². The molecular formula is C23H19F3N6O2. The molecule has 4 aromatic rings. The number of nitrogens with zero attached hydrogens (tertiary/aromatic N) is 5. The Hall–Kier alpha value is -4.15. The fourth-order valence-electron chi connectivity index (χ4n) is 3.93. The first kappa shape index (κ1) is 21.7. The van der Waals surface area contributed by atoms with Crippen LogP contribution in [0.2, 0.25) is 0 Å². The molecule has 1 aliphatic rings. The minimum absolute atomic E-state index is 0.201. The van der Waals surface area contributed by atoms with Crippen molar-refractivity contribution in [3.05, 3.63) is 66.1 Å². The Morgan fingerprint density at radius 1 is 1.12 bits per heavy atom. The Kier molecular flexibility index (Phi) is 5.11. The van der Waals surface area contributed by atoms with E-state index in [0.29, 0.717) is 39.8 Å². The molecule has 0 radical (unpaired) electrons. The summed E-state index contributed by atoms with van der Waals surface area (Å²) in [6, 6.07) is 9.67. The standard InChI is InChI=1S/C23H19F3N6O2/c1-13-12-31(16-6-4-15(5-7-16)23(24,25)26)22(33)21-17(11-29-32(13)21)18-9-19(34-30-18)14-3-8-20(27-2)28-10-14/h3-11,13H,12H2,1-2H3,(H,27,28)/t13-/m0/s1. The molecule has 1 atom stereocenters. The van der Waals surface area contributed by atoms with Crippen molar-refractivity contribution in [1.82, 2.24) is 19.9 Å². The molecule has 0 fully saturated rings. The average molecular weight is 468 g/mol. The maximum atomic E-state index is 13.4. The highest BCUT2D eigenvalue weighted by molar-refractivity contribution is 6.09. The smallest absolute Gasteiger partial charge is 0.373 e. The number of carbonyl (C=O) groups excluding carboxylic acids is 1. The monoisotopic (exact) mass is 468 g/mol. The quantitative estimate of drug-likeness (QED) is 0.459. The molecule has 174 valence electrons. The average Bonchev–Trinajstić information content (AvgIpc) is 3.49. The lowest BCUT2D eigenvalue weighted by Crippen LogP contribution is -2.42. The third-order valence-electron chi connectivity index (χ3n) is 5.70. The topological polar surface area (TPSA) is 89.1 Å². The Labute approximate surface area is 192 Å². The first-order valence-electron chi connectivity index (χ1n) is 10.4. The minimum Gasteiger partial charge on any atom is -0.373 e. The van der Waals surface area contributed by atoms with Gasteiger partial charge in [0.1, 0.15) is 17.2 Å². The molecule has 1 aromatic carbocycles. The zero-order chi connectivity index (χ0) is 24.0. The molecule has 0 bridgehead atoms. The van der Waals surface area contributed by atoms with Crippen LogP contribution in [0.25, 0.3) is 22.6 Å². The molecule has 1 aliphatic heterocycles. The molecule has 4 heterocycles. The predicted octanol–water partition coefficient (Wildman–Crippen LogP) is 4.88. The lowest BCUT2D eigenvalue weighted by Gasteiger charge is -2.32. The van der Waals surface area contributed by atoms with Crippen LogP contribution in [0.5, 0.6) is 0 Å². The Morgan fingerprint density at radius 3 is 2.53 bits per heavy atom. The van der Waals surface area contributed by atoms with Crippen LogP contribution in [-0.2, 0) is 6.18 Å². The number of alkyl halides is 3. The molecule has 0 aliphatic carbocycles. The van der Waals surface area contributed by atoms with Crippen LogP contribution in [0.1, 0.15) is 29.0 Å². The van der Waals surface area contributed by atoms with E-state index >= 15 is 0 Å². The van der Waals surface area contributed by atoms with E-state index in [0.717, 1.165) is 12.1 Å². The maximum Gasteiger partial charge on any atom is 0.416 e. The van der Waals surface area contributed by atoms with Gasteiger partial charge < -0.3 is 14.7 Å². The molecule has 0 spiro atoms. The normalized spacial score (nSPS) is 16.0. The number of amides is 1. The van der Waals surface area contributed by atoms with E-state index in [9.17, 15) is 18.0 Å². The van der Waals surface area contributed by atoms with Crippen molar-refractivity contribution in [1.29, 1.82) is 0 Å². The molecule has 0 unspecified atom stereocenters. The number of carbonyl (C=O) groups is 1. The van der Waals surface area contributed by atoms with Gasteiger partial charge in [-0.3, -0.25) is 9.48 Å². The van der Waals surface area contributed by atoms with Crippen LogP contribution >= 0.6 is 0 Å². The van der Waals surface area contributed by atoms with Gasteiger partial charge in [0.05, 0.1) is 23.4 Å². The van der Waals surface area contributed by atoms with Crippen molar-refractivity contribution < 1.29 is 22.5 Å². The molecule has 3 aromatic heterocycles. The summed E-state index contributed by atoms with van der Waals surface area (Å²) < 4.78 is 45.9. The van der Waals surface area contributed by atoms with Crippen LogP contribution < -0.4 is 10.2 Å². The molecule has 5 rings (SSSR count). The number of rotatable bonds is 4. The molecule has 0 saturated heterocycles. The fourth-order valence-corrected chi connectivity index (χ4v) is 3.93. The summed E-state index contributed by atoms with van der Waals surface area (Å²) in [6.07, 6.45) is -1.26. The first-order valence-corrected chi connectivity index (χ1v) is 10.4. The van der Waals surface area contributed by atoms with E-state index in [1.807, 2.05) is 13.0 Å². The van der Waals surface area contributed by atoms with Crippen molar-refractivity contribution in [2.75, 3.05) is 23.8 Å². The molecule has 1 amide bonds. The number of hydrogen-bond donors (Lipinski definition) is 1. The third-order valence-corrected chi connectivity index (χ3v) is 5.70. The summed E-state index contributed by atoms with van der Waals surface area (Å²) in [5.41, 5.74) is 1.51. The van der Waals surface area contributed by atoms with Gasteiger partial charge in [-0.2, -0.15) is 18.3 Å². The number of anilines is 2. The minimum atomic E-state index is -4.45. The van der Waals surface area contributed by atoms with Gasteiger partial charge in [-0.1, -0.05) is 5.16 Å². The molecule has 11 heteroatoms. The van der Waals surface area contributed by atoms with Crippen molar-refractivity contribution in [2.45, 2.75) is 19.1 Å². The van der Waals surface area contributed by atoms with Crippen LogP contribution in [0.4, 0.5) is 24.7 Å². The molecule has 1 N–H and O–H groups in total. The fraction of sp³-hybridized carbons (Fsp3) is 0.217. The van der Waals surface area contributed by atoms with Gasteiger partial charge in [-0.15, -0.1) is 0 Å². The Bertz CT molecular complexity index is 1340. The van der Waals surface area contributed by atoms with Crippen molar-refractivity contribution in [3.63, 3.8) is 0 Å². The zero-order valence-electron chi connectivity index (χ0n) is 18.2. The van der Waals surface area contributed by atoms with Crippen molar-refractivity contribution >= 4 is 17.4 Å². The highest BCUT2D eigenvalue weighted by Gasteiger charge is 2.35.